The lowest BCUT2D eigenvalue weighted by molar-refractivity contribution is -0.114. The summed E-state index contributed by atoms with van der Waals surface area (Å²) in [4.78, 5) is 26.5. The largest absolute Gasteiger partial charge is 0.489 e. The summed E-state index contributed by atoms with van der Waals surface area (Å²) in [5.41, 5.74) is 1.47. The smallest absolute Gasteiger partial charge is 0.231 e. The molecule has 1 atom stereocenters. The number of piperidine rings is 1. The second-order valence-electron chi connectivity index (χ2n) is 7.28. The molecular weight excluding hydrogens is 416 g/mol. The van der Waals surface area contributed by atoms with E-state index in [-0.39, 0.29) is 12.0 Å². The summed E-state index contributed by atoms with van der Waals surface area (Å²) >= 11 is 5.95. The number of hydrogen-bond acceptors (Lipinski definition) is 7. The first kappa shape index (κ1) is 20.9. The first-order valence-electron chi connectivity index (χ1n) is 10.1. The summed E-state index contributed by atoms with van der Waals surface area (Å²) in [6, 6.07) is 14.8. The molecule has 1 aromatic heterocycles. The van der Waals surface area contributed by atoms with Crippen LogP contribution in [0.4, 0.5) is 23.3 Å². The van der Waals surface area contributed by atoms with Gasteiger partial charge in [0.1, 0.15) is 18.2 Å². The van der Waals surface area contributed by atoms with Crippen LogP contribution in [0, 0.1) is 0 Å². The third-order valence-electron chi connectivity index (χ3n) is 4.78. The zero-order valence-electron chi connectivity index (χ0n) is 17.1. The van der Waals surface area contributed by atoms with Crippen LogP contribution in [0.5, 0.6) is 5.75 Å². The molecule has 1 fully saturated rings. The van der Waals surface area contributed by atoms with Gasteiger partial charge in [-0.25, -0.2) is 9.97 Å². The molecular formula is C22H23ClN6O2. The number of carbonyl (C=O) groups is 1. The van der Waals surface area contributed by atoms with Crippen molar-refractivity contribution in [3.8, 4) is 5.75 Å². The first-order valence-corrected chi connectivity index (χ1v) is 10.4. The molecule has 3 aromatic rings. The van der Waals surface area contributed by atoms with E-state index in [1.165, 1.54) is 13.3 Å². The van der Waals surface area contributed by atoms with Crippen molar-refractivity contribution in [1.82, 2.24) is 15.0 Å². The van der Waals surface area contributed by atoms with Gasteiger partial charge in [-0.05, 0) is 55.3 Å². The third kappa shape index (κ3) is 5.82. The number of anilines is 4. The van der Waals surface area contributed by atoms with Crippen LogP contribution >= 0.6 is 11.6 Å². The normalized spacial score (nSPS) is 15.9. The van der Waals surface area contributed by atoms with Crippen molar-refractivity contribution in [1.29, 1.82) is 0 Å². The average molecular weight is 439 g/mol. The maximum atomic E-state index is 11.3. The predicted molar refractivity (Wildman–Crippen MR) is 121 cm³/mol. The van der Waals surface area contributed by atoms with Crippen LogP contribution in [0.3, 0.4) is 0 Å². The van der Waals surface area contributed by atoms with Crippen molar-refractivity contribution in [3.05, 3.63) is 59.9 Å². The minimum Gasteiger partial charge on any atom is -0.489 e. The first-order chi connectivity index (χ1) is 15.0. The molecule has 1 aliphatic rings. The fourth-order valence-corrected chi connectivity index (χ4v) is 3.55. The van der Waals surface area contributed by atoms with Crippen LogP contribution in [-0.4, -0.2) is 40.1 Å². The molecule has 2 N–H and O–H groups in total. The summed E-state index contributed by atoms with van der Waals surface area (Å²) in [6.45, 7) is 3.01. The number of carbonyl (C=O) groups excluding carboxylic acids is 1. The second kappa shape index (κ2) is 9.61. The van der Waals surface area contributed by atoms with E-state index in [0.29, 0.717) is 29.2 Å². The fraction of sp³-hybridized carbons (Fsp3) is 0.273. The highest BCUT2D eigenvalue weighted by molar-refractivity contribution is 6.30. The Labute approximate surface area is 185 Å². The van der Waals surface area contributed by atoms with Gasteiger partial charge in [0.25, 0.3) is 0 Å². The van der Waals surface area contributed by atoms with Gasteiger partial charge in [0, 0.05) is 29.9 Å². The molecule has 1 aliphatic heterocycles. The summed E-state index contributed by atoms with van der Waals surface area (Å²) in [5, 5.41) is 6.62. The lowest BCUT2D eigenvalue weighted by Crippen LogP contribution is -2.42. The lowest BCUT2D eigenvalue weighted by atomic mass is 10.1. The van der Waals surface area contributed by atoms with Gasteiger partial charge in [-0.1, -0.05) is 17.7 Å². The van der Waals surface area contributed by atoms with Crippen molar-refractivity contribution in [2.24, 2.45) is 0 Å². The molecule has 8 nitrogen and oxygen atoms in total. The second-order valence-corrected chi connectivity index (χ2v) is 7.71. The van der Waals surface area contributed by atoms with Gasteiger partial charge < -0.3 is 20.3 Å². The van der Waals surface area contributed by atoms with Crippen molar-refractivity contribution < 1.29 is 9.53 Å². The molecule has 160 valence electrons. The van der Waals surface area contributed by atoms with Crippen LogP contribution in [0.2, 0.25) is 5.02 Å². The number of amides is 1. The number of nitrogens with one attached hydrogen (secondary N) is 2. The molecule has 2 heterocycles. The maximum absolute atomic E-state index is 11.3. The zero-order chi connectivity index (χ0) is 21.6. The maximum Gasteiger partial charge on any atom is 0.231 e. The molecule has 0 bridgehead atoms. The highest BCUT2D eigenvalue weighted by Gasteiger charge is 2.23. The summed E-state index contributed by atoms with van der Waals surface area (Å²) in [7, 11) is 0. The minimum absolute atomic E-state index is 0.0393. The topological polar surface area (TPSA) is 92.3 Å². The van der Waals surface area contributed by atoms with E-state index in [2.05, 4.69) is 30.5 Å². The monoisotopic (exact) mass is 438 g/mol. The van der Waals surface area contributed by atoms with Crippen LogP contribution in [0.25, 0.3) is 0 Å². The summed E-state index contributed by atoms with van der Waals surface area (Å²) in [6.07, 6.45) is 3.47. The van der Waals surface area contributed by atoms with Crippen molar-refractivity contribution in [2.45, 2.75) is 25.9 Å². The summed E-state index contributed by atoms with van der Waals surface area (Å²) in [5.74, 6) is 1.71. The van der Waals surface area contributed by atoms with E-state index in [1.54, 1.807) is 0 Å². The van der Waals surface area contributed by atoms with Gasteiger partial charge in [0.15, 0.2) is 0 Å². The van der Waals surface area contributed by atoms with Gasteiger partial charge in [0.05, 0.1) is 6.54 Å². The Bertz CT molecular complexity index is 1050. The van der Waals surface area contributed by atoms with E-state index in [9.17, 15) is 4.79 Å². The van der Waals surface area contributed by atoms with Gasteiger partial charge in [0.2, 0.25) is 17.8 Å². The Kier molecular flexibility index (Phi) is 6.47. The number of benzene rings is 2. The molecule has 1 amide bonds. The van der Waals surface area contributed by atoms with Crippen LogP contribution < -0.4 is 20.3 Å². The Hall–Kier alpha value is -3.39. The quantitative estimate of drug-likeness (QED) is 0.593. The molecule has 0 spiro atoms. The van der Waals surface area contributed by atoms with E-state index in [1.807, 2.05) is 48.5 Å². The van der Waals surface area contributed by atoms with Crippen LogP contribution in [-0.2, 0) is 4.79 Å². The molecule has 4 rings (SSSR count). The Morgan fingerprint density at radius 2 is 1.97 bits per heavy atom. The van der Waals surface area contributed by atoms with Crippen molar-refractivity contribution in [3.63, 3.8) is 0 Å². The molecule has 0 aliphatic carbocycles. The van der Waals surface area contributed by atoms with Gasteiger partial charge in [-0.15, -0.1) is 0 Å². The number of rotatable bonds is 6. The highest BCUT2D eigenvalue weighted by Crippen LogP contribution is 2.23. The minimum atomic E-state index is -0.125. The van der Waals surface area contributed by atoms with E-state index in [4.69, 9.17) is 16.3 Å². The molecule has 9 heteroatoms. The van der Waals surface area contributed by atoms with E-state index in [0.717, 1.165) is 30.8 Å². The number of aromatic nitrogens is 3. The highest BCUT2D eigenvalue weighted by atomic mass is 35.5. The Balaban J connectivity index is 1.42. The van der Waals surface area contributed by atoms with Crippen LogP contribution in [0.15, 0.2) is 54.9 Å². The van der Waals surface area contributed by atoms with Gasteiger partial charge in [-0.3, -0.25) is 4.79 Å². The number of hydrogen-bond donors (Lipinski definition) is 2. The fourth-order valence-electron chi connectivity index (χ4n) is 3.43. The van der Waals surface area contributed by atoms with Crippen LogP contribution in [0.1, 0.15) is 19.8 Å². The number of halogens is 1. The van der Waals surface area contributed by atoms with E-state index >= 15 is 0 Å². The Morgan fingerprint density at radius 3 is 2.77 bits per heavy atom. The molecule has 1 saturated heterocycles. The number of ether oxygens (including phenoxy) is 1. The SMILES string of the molecule is CC(=O)Nc1cccc(Nc2ncnc(N3CCC[C@H](Oc4ccc(Cl)cc4)C3)n2)c1. The van der Waals surface area contributed by atoms with Gasteiger partial charge >= 0.3 is 0 Å². The zero-order valence-corrected chi connectivity index (χ0v) is 17.8. The molecule has 2 aromatic carbocycles. The number of nitrogens with zero attached hydrogens (tertiary/aromatic N) is 4. The average Bonchev–Trinajstić information content (AvgIpc) is 2.76. The Morgan fingerprint density at radius 1 is 1.16 bits per heavy atom. The van der Waals surface area contributed by atoms with Gasteiger partial charge in [-0.2, -0.15) is 4.98 Å². The summed E-state index contributed by atoms with van der Waals surface area (Å²) < 4.78 is 6.11. The predicted octanol–water partition coefficient (Wildman–Crippen LogP) is 4.27. The third-order valence-corrected chi connectivity index (χ3v) is 5.03. The standard InChI is InChI=1S/C22H23ClN6O2/c1-15(30)26-17-4-2-5-18(12-17)27-21-24-14-25-22(28-21)29-11-3-6-20(13-29)31-19-9-7-16(23)8-10-19/h2,4-5,7-10,12,14,20H,3,6,11,13H2,1H3,(H,26,30)(H,24,25,27,28)/t20-/m0/s1. The molecule has 0 unspecified atom stereocenters. The molecule has 0 saturated carbocycles. The molecule has 31 heavy (non-hydrogen) atoms. The lowest BCUT2D eigenvalue weighted by Gasteiger charge is -2.32. The molecule has 0 radical (unpaired) electrons. The van der Waals surface area contributed by atoms with Crippen molar-refractivity contribution >= 4 is 40.8 Å². The van der Waals surface area contributed by atoms with E-state index < -0.39 is 0 Å². The van der Waals surface area contributed by atoms with Crippen molar-refractivity contribution in [2.75, 3.05) is 28.6 Å².